The molecular weight excluding hydrogens is 275 g/mol. The first-order chi connectivity index (χ1) is 9.60. The number of nitrogens with two attached hydrogens (primary N) is 1. The van der Waals surface area contributed by atoms with Crippen LogP contribution >= 0.6 is 11.8 Å². The third-order valence-corrected chi connectivity index (χ3v) is 5.20. The van der Waals surface area contributed by atoms with E-state index in [0.717, 1.165) is 5.92 Å². The minimum atomic E-state index is -0.287. The minimum absolute atomic E-state index is 0.0655. The molecule has 1 aromatic carbocycles. The molecule has 20 heavy (non-hydrogen) atoms. The van der Waals surface area contributed by atoms with Crippen molar-refractivity contribution in [2.45, 2.75) is 43.6 Å². The van der Waals surface area contributed by atoms with E-state index in [1.807, 2.05) is 11.8 Å². The second-order valence-electron chi connectivity index (χ2n) is 5.50. The number of thioether (sulfide) groups is 1. The summed E-state index contributed by atoms with van der Waals surface area (Å²) >= 11 is 1.84. The SMILES string of the molecule is CC1CCCC(SCc2ccc(C(N)=NO)cc2F)C1. The van der Waals surface area contributed by atoms with E-state index in [0.29, 0.717) is 22.1 Å². The van der Waals surface area contributed by atoms with Gasteiger partial charge < -0.3 is 10.9 Å². The van der Waals surface area contributed by atoms with Gasteiger partial charge >= 0.3 is 0 Å². The molecule has 110 valence electrons. The van der Waals surface area contributed by atoms with Gasteiger partial charge in [0.1, 0.15) is 5.82 Å². The quantitative estimate of drug-likeness (QED) is 0.385. The Morgan fingerprint density at radius 2 is 2.30 bits per heavy atom. The molecule has 2 unspecified atom stereocenters. The standard InChI is InChI=1S/C15H21FN2OS/c1-10-3-2-4-13(7-10)20-9-12-6-5-11(8-14(12)16)15(17)18-19/h5-6,8,10,13,19H,2-4,7,9H2,1H3,(H2,17,18). The summed E-state index contributed by atoms with van der Waals surface area (Å²) < 4.78 is 14.0. The zero-order valence-corrected chi connectivity index (χ0v) is 12.5. The van der Waals surface area contributed by atoms with Gasteiger partial charge in [0.25, 0.3) is 0 Å². The number of benzene rings is 1. The van der Waals surface area contributed by atoms with E-state index in [-0.39, 0.29) is 11.7 Å². The summed E-state index contributed by atoms with van der Waals surface area (Å²) in [5, 5.41) is 12.1. The molecule has 0 heterocycles. The molecule has 1 fully saturated rings. The van der Waals surface area contributed by atoms with Crippen molar-refractivity contribution in [3.8, 4) is 0 Å². The third-order valence-electron chi connectivity index (χ3n) is 3.82. The smallest absolute Gasteiger partial charge is 0.170 e. The monoisotopic (exact) mass is 296 g/mol. The lowest BCUT2D eigenvalue weighted by Gasteiger charge is -2.26. The van der Waals surface area contributed by atoms with Crippen LogP contribution in [0.25, 0.3) is 0 Å². The maximum atomic E-state index is 14.0. The van der Waals surface area contributed by atoms with Crippen molar-refractivity contribution in [2.75, 3.05) is 0 Å². The van der Waals surface area contributed by atoms with E-state index < -0.39 is 0 Å². The van der Waals surface area contributed by atoms with E-state index in [1.54, 1.807) is 12.1 Å². The Morgan fingerprint density at radius 3 is 2.95 bits per heavy atom. The summed E-state index contributed by atoms with van der Waals surface area (Å²) in [6, 6.07) is 4.74. The number of oxime groups is 1. The highest BCUT2D eigenvalue weighted by Crippen LogP contribution is 2.33. The lowest BCUT2D eigenvalue weighted by atomic mass is 9.91. The zero-order valence-electron chi connectivity index (χ0n) is 11.7. The molecule has 2 rings (SSSR count). The summed E-state index contributed by atoms with van der Waals surface area (Å²) in [7, 11) is 0. The van der Waals surface area contributed by atoms with Crippen molar-refractivity contribution in [1.82, 2.24) is 0 Å². The van der Waals surface area contributed by atoms with E-state index in [2.05, 4.69) is 12.1 Å². The number of hydrogen-bond acceptors (Lipinski definition) is 3. The van der Waals surface area contributed by atoms with E-state index >= 15 is 0 Å². The number of nitrogens with zero attached hydrogens (tertiary/aromatic N) is 1. The van der Waals surface area contributed by atoms with Gasteiger partial charge in [0.15, 0.2) is 5.84 Å². The zero-order chi connectivity index (χ0) is 14.5. The molecule has 2 atom stereocenters. The molecule has 1 aliphatic rings. The summed E-state index contributed by atoms with van der Waals surface area (Å²) in [4.78, 5) is 0. The third kappa shape index (κ3) is 3.88. The number of amidine groups is 1. The Hall–Kier alpha value is -1.23. The van der Waals surface area contributed by atoms with Crippen molar-refractivity contribution in [3.05, 3.63) is 35.1 Å². The Labute approximate surface area is 123 Å². The van der Waals surface area contributed by atoms with Crippen molar-refractivity contribution in [2.24, 2.45) is 16.8 Å². The molecule has 0 bridgehead atoms. The maximum Gasteiger partial charge on any atom is 0.170 e. The molecule has 3 nitrogen and oxygen atoms in total. The Morgan fingerprint density at radius 1 is 1.50 bits per heavy atom. The van der Waals surface area contributed by atoms with Gasteiger partial charge in [0, 0.05) is 16.6 Å². The largest absolute Gasteiger partial charge is 0.409 e. The minimum Gasteiger partial charge on any atom is -0.409 e. The average molecular weight is 296 g/mol. The Balaban J connectivity index is 1.96. The second-order valence-corrected chi connectivity index (χ2v) is 6.78. The first kappa shape index (κ1) is 15.2. The molecular formula is C15H21FN2OS. The fourth-order valence-electron chi connectivity index (χ4n) is 2.62. The van der Waals surface area contributed by atoms with Crippen LogP contribution in [-0.4, -0.2) is 16.3 Å². The van der Waals surface area contributed by atoms with Crippen LogP contribution in [0.4, 0.5) is 4.39 Å². The van der Waals surface area contributed by atoms with Crippen LogP contribution in [0, 0.1) is 11.7 Å². The van der Waals surface area contributed by atoms with Crippen LogP contribution in [0.5, 0.6) is 0 Å². The average Bonchev–Trinajstić information content (AvgIpc) is 2.45. The predicted molar refractivity (Wildman–Crippen MR) is 81.6 cm³/mol. The van der Waals surface area contributed by atoms with Crippen molar-refractivity contribution in [3.63, 3.8) is 0 Å². The normalized spacial score (nSPS) is 23.8. The van der Waals surface area contributed by atoms with E-state index in [4.69, 9.17) is 10.9 Å². The molecule has 0 amide bonds. The number of rotatable bonds is 4. The van der Waals surface area contributed by atoms with Gasteiger partial charge in [-0.2, -0.15) is 11.8 Å². The highest BCUT2D eigenvalue weighted by Gasteiger charge is 2.19. The molecule has 0 spiro atoms. The van der Waals surface area contributed by atoms with Crippen LogP contribution in [0.3, 0.4) is 0 Å². The molecule has 1 saturated carbocycles. The van der Waals surface area contributed by atoms with Crippen molar-refractivity contribution < 1.29 is 9.60 Å². The van der Waals surface area contributed by atoms with Crippen LogP contribution < -0.4 is 5.73 Å². The molecule has 1 aromatic rings. The lowest BCUT2D eigenvalue weighted by Crippen LogP contribution is -2.15. The summed E-state index contributed by atoms with van der Waals surface area (Å²) in [6.07, 6.45) is 5.07. The van der Waals surface area contributed by atoms with Crippen molar-refractivity contribution >= 4 is 17.6 Å². The Bertz CT molecular complexity index is 493. The van der Waals surface area contributed by atoms with Crippen LogP contribution in [0.2, 0.25) is 0 Å². The first-order valence-electron chi connectivity index (χ1n) is 6.98. The van der Waals surface area contributed by atoms with Crippen LogP contribution in [-0.2, 0) is 5.75 Å². The van der Waals surface area contributed by atoms with E-state index in [1.165, 1.54) is 31.7 Å². The second kappa shape index (κ2) is 6.97. The van der Waals surface area contributed by atoms with Gasteiger partial charge in [-0.25, -0.2) is 4.39 Å². The fraction of sp³-hybridized carbons (Fsp3) is 0.533. The fourth-order valence-corrected chi connectivity index (χ4v) is 4.07. The maximum absolute atomic E-state index is 14.0. The van der Waals surface area contributed by atoms with E-state index in [9.17, 15) is 4.39 Å². The van der Waals surface area contributed by atoms with Gasteiger partial charge in [-0.3, -0.25) is 0 Å². The molecule has 1 aliphatic carbocycles. The van der Waals surface area contributed by atoms with Crippen molar-refractivity contribution in [1.29, 1.82) is 0 Å². The number of hydrogen-bond donors (Lipinski definition) is 2. The number of halogens is 1. The summed E-state index contributed by atoms with van der Waals surface area (Å²) in [5.41, 5.74) is 6.54. The summed E-state index contributed by atoms with van der Waals surface area (Å²) in [6.45, 7) is 2.29. The van der Waals surface area contributed by atoms with Gasteiger partial charge in [-0.05, 0) is 30.4 Å². The lowest BCUT2D eigenvalue weighted by molar-refractivity contribution is 0.318. The molecule has 0 saturated heterocycles. The molecule has 0 aliphatic heterocycles. The van der Waals surface area contributed by atoms with Crippen LogP contribution in [0.1, 0.15) is 43.7 Å². The topological polar surface area (TPSA) is 58.6 Å². The predicted octanol–water partition coefficient (Wildman–Crippen LogP) is 3.73. The van der Waals surface area contributed by atoms with Gasteiger partial charge in [0.2, 0.25) is 0 Å². The molecule has 3 N–H and O–H groups in total. The summed E-state index contributed by atoms with van der Waals surface area (Å²) in [5.74, 6) is 1.11. The first-order valence-corrected chi connectivity index (χ1v) is 8.03. The van der Waals surface area contributed by atoms with Gasteiger partial charge in [-0.15, -0.1) is 0 Å². The highest BCUT2D eigenvalue weighted by molar-refractivity contribution is 7.99. The van der Waals surface area contributed by atoms with Gasteiger partial charge in [0.05, 0.1) is 0 Å². The van der Waals surface area contributed by atoms with Gasteiger partial charge in [-0.1, -0.05) is 37.1 Å². The Kier molecular flexibility index (Phi) is 5.29. The molecule has 5 heteroatoms. The molecule has 0 aromatic heterocycles. The molecule has 0 radical (unpaired) electrons. The highest BCUT2D eigenvalue weighted by atomic mass is 32.2. The van der Waals surface area contributed by atoms with Crippen LogP contribution in [0.15, 0.2) is 23.4 Å².